The van der Waals surface area contributed by atoms with Gasteiger partial charge in [-0.1, -0.05) is 0 Å². The molecule has 0 atom stereocenters. The molecular weight excluding hydrogens is 375 g/mol. The second-order valence-corrected chi connectivity index (χ2v) is 8.50. The van der Waals surface area contributed by atoms with Crippen molar-refractivity contribution in [1.82, 2.24) is 4.90 Å². The van der Waals surface area contributed by atoms with Crippen molar-refractivity contribution in [3.05, 3.63) is 53.8 Å². The Hall–Kier alpha value is -2.06. The zero-order chi connectivity index (χ0) is 18.7. The van der Waals surface area contributed by atoms with E-state index in [0.717, 1.165) is 17.7 Å². The summed E-state index contributed by atoms with van der Waals surface area (Å²) in [4.78, 5) is 15.2. The monoisotopic (exact) mass is 394 g/mol. The number of anilines is 1. The molecule has 3 rings (SSSR count). The van der Waals surface area contributed by atoms with Crippen LogP contribution in [0.25, 0.3) is 0 Å². The van der Waals surface area contributed by atoms with Crippen LogP contribution < -0.4 is 4.72 Å². The Morgan fingerprint density at radius 3 is 2.38 bits per heavy atom. The van der Waals surface area contributed by atoms with E-state index in [1.807, 2.05) is 6.26 Å². The molecule has 0 bridgehead atoms. The fourth-order valence-corrected chi connectivity index (χ4v) is 4.50. The van der Waals surface area contributed by atoms with E-state index in [0.29, 0.717) is 18.7 Å². The third-order valence-electron chi connectivity index (χ3n) is 4.20. The van der Waals surface area contributed by atoms with E-state index in [4.69, 9.17) is 0 Å². The van der Waals surface area contributed by atoms with Crippen molar-refractivity contribution in [3.8, 4) is 0 Å². The zero-order valence-corrected chi connectivity index (χ0v) is 15.9. The molecule has 2 aromatic rings. The summed E-state index contributed by atoms with van der Waals surface area (Å²) in [6.07, 6.45) is 3.77. The summed E-state index contributed by atoms with van der Waals surface area (Å²) < 4.78 is 40.7. The summed E-state index contributed by atoms with van der Waals surface area (Å²) in [6, 6.07) is 9.58. The first-order valence-electron chi connectivity index (χ1n) is 8.16. The minimum atomic E-state index is -3.88. The number of halogens is 1. The van der Waals surface area contributed by atoms with Gasteiger partial charge in [0.25, 0.3) is 15.9 Å². The summed E-state index contributed by atoms with van der Waals surface area (Å²) in [5.74, 6) is -0.596. The standard InChI is InChI=1S/C18H19FN2O3S2/c1-25-17-9-8-15(12-16(17)18(22)21-10-2-3-11-21)26(23,24)20-14-6-4-13(19)5-7-14/h4-9,12,20H,2-3,10-11H2,1H3. The van der Waals surface area contributed by atoms with Crippen molar-refractivity contribution in [2.24, 2.45) is 0 Å². The molecule has 0 spiro atoms. The fourth-order valence-electron chi connectivity index (χ4n) is 2.84. The summed E-state index contributed by atoms with van der Waals surface area (Å²) in [5, 5.41) is 0. The first-order valence-corrected chi connectivity index (χ1v) is 10.9. The summed E-state index contributed by atoms with van der Waals surface area (Å²) in [7, 11) is -3.88. The van der Waals surface area contributed by atoms with Gasteiger partial charge in [-0.25, -0.2) is 12.8 Å². The molecular formula is C18H19FN2O3S2. The number of sulfonamides is 1. The van der Waals surface area contributed by atoms with E-state index in [1.54, 1.807) is 11.0 Å². The number of nitrogens with zero attached hydrogens (tertiary/aromatic N) is 1. The SMILES string of the molecule is CSc1ccc(S(=O)(=O)Nc2ccc(F)cc2)cc1C(=O)N1CCCC1. The van der Waals surface area contributed by atoms with Crippen molar-refractivity contribution < 1.29 is 17.6 Å². The summed E-state index contributed by atoms with van der Waals surface area (Å²) in [6.45, 7) is 1.38. The topological polar surface area (TPSA) is 66.5 Å². The Bertz CT molecular complexity index is 909. The molecule has 0 unspecified atom stereocenters. The smallest absolute Gasteiger partial charge is 0.261 e. The highest BCUT2D eigenvalue weighted by Crippen LogP contribution is 2.27. The molecule has 5 nitrogen and oxygen atoms in total. The van der Waals surface area contributed by atoms with Crippen LogP contribution in [-0.2, 0) is 10.0 Å². The predicted octanol–water partition coefficient (Wildman–Crippen LogP) is 3.58. The lowest BCUT2D eigenvalue weighted by Crippen LogP contribution is -2.28. The molecule has 1 aliphatic rings. The van der Waals surface area contributed by atoms with Gasteiger partial charge in [-0.15, -0.1) is 11.8 Å². The summed E-state index contributed by atoms with van der Waals surface area (Å²) >= 11 is 1.40. The molecule has 1 saturated heterocycles. The van der Waals surface area contributed by atoms with Crippen LogP contribution in [0.2, 0.25) is 0 Å². The van der Waals surface area contributed by atoms with Gasteiger partial charge in [-0.3, -0.25) is 9.52 Å². The van der Waals surface area contributed by atoms with Gasteiger partial charge in [0, 0.05) is 23.7 Å². The molecule has 0 saturated carbocycles. The van der Waals surface area contributed by atoms with Crippen LogP contribution >= 0.6 is 11.8 Å². The predicted molar refractivity (Wildman–Crippen MR) is 101 cm³/mol. The quantitative estimate of drug-likeness (QED) is 0.787. The molecule has 8 heteroatoms. The molecule has 138 valence electrons. The Labute approximate surface area is 156 Å². The first-order chi connectivity index (χ1) is 12.4. The number of carbonyl (C=O) groups is 1. The lowest BCUT2D eigenvalue weighted by Gasteiger charge is -2.18. The van der Waals surface area contributed by atoms with E-state index in [-0.39, 0.29) is 16.5 Å². The minimum Gasteiger partial charge on any atom is -0.339 e. The van der Waals surface area contributed by atoms with Gasteiger partial charge in [-0.2, -0.15) is 0 Å². The highest BCUT2D eigenvalue weighted by atomic mass is 32.2. The lowest BCUT2D eigenvalue weighted by atomic mass is 10.2. The second-order valence-electron chi connectivity index (χ2n) is 5.97. The Morgan fingerprint density at radius 1 is 1.12 bits per heavy atom. The van der Waals surface area contributed by atoms with Crippen molar-refractivity contribution in [2.75, 3.05) is 24.1 Å². The van der Waals surface area contributed by atoms with Gasteiger partial charge in [0.1, 0.15) is 5.82 Å². The van der Waals surface area contributed by atoms with Gasteiger partial charge in [-0.05, 0) is 61.6 Å². The number of carbonyl (C=O) groups excluding carboxylic acids is 1. The van der Waals surface area contributed by atoms with Crippen LogP contribution in [0, 0.1) is 5.82 Å². The van der Waals surface area contributed by atoms with E-state index < -0.39 is 15.8 Å². The third-order valence-corrected chi connectivity index (χ3v) is 6.38. The lowest BCUT2D eigenvalue weighted by molar-refractivity contribution is 0.0789. The maximum absolute atomic E-state index is 13.0. The molecule has 26 heavy (non-hydrogen) atoms. The zero-order valence-electron chi connectivity index (χ0n) is 14.2. The normalized spacial score (nSPS) is 14.5. The van der Waals surface area contributed by atoms with E-state index >= 15 is 0 Å². The maximum atomic E-state index is 13.0. The molecule has 1 amide bonds. The van der Waals surface area contributed by atoms with Crippen LogP contribution in [0.4, 0.5) is 10.1 Å². The van der Waals surface area contributed by atoms with Crippen molar-refractivity contribution in [3.63, 3.8) is 0 Å². The average molecular weight is 394 g/mol. The highest BCUT2D eigenvalue weighted by molar-refractivity contribution is 7.98. The number of hydrogen-bond donors (Lipinski definition) is 1. The number of hydrogen-bond acceptors (Lipinski definition) is 4. The highest BCUT2D eigenvalue weighted by Gasteiger charge is 2.24. The molecule has 0 aliphatic carbocycles. The van der Waals surface area contributed by atoms with E-state index in [9.17, 15) is 17.6 Å². The van der Waals surface area contributed by atoms with Crippen LogP contribution in [0.5, 0.6) is 0 Å². The molecule has 2 aromatic carbocycles. The average Bonchev–Trinajstić information content (AvgIpc) is 3.17. The maximum Gasteiger partial charge on any atom is 0.261 e. The molecule has 0 aromatic heterocycles. The van der Waals surface area contributed by atoms with Crippen LogP contribution in [0.1, 0.15) is 23.2 Å². The molecule has 1 aliphatic heterocycles. The van der Waals surface area contributed by atoms with Gasteiger partial charge >= 0.3 is 0 Å². The van der Waals surface area contributed by atoms with Crippen molar-refractivity contribution in [2.45, 2.75) is 22.6 Å². The van der Waals surface area contributed by atoms with Crippen LogP contribution in [-0.4, -0.2) is 38.6 Å². The van der Waals surface area contributed by atoms with Crippen LogP contribution in [0.15, 0.2) is 52.3 Å². The second kappa shape index (κ2) is 7.67. The minimum absolute atomic E-state index is 0.00201. The van der Waals surface area contributed by atoms with Crippen molar-refractivity contribution in [1.29, 1.82) is 0 Å². The largest absolute Gasteiger partial charge is 0.339 e. The molecule has 1 heterocycles. The van der Waals surface area contributed by atoms with Gasteiger partial charge in [0.15, 0.2) is 0 Å². The van der Waals surface area contributed by atoms with Crippen LogP contribution in [0.3, 0.4) is 0 Å². The van der Waals surface area contributed by atoms with Gasteiger partial charge in [0.2, 0.25) is 0 Å². The Morgan fingerprint density at radius 2 is 1.77 bits per heavy atom. The molecule has 1 N–H and O–H groups in total. The third kappa shape index (κ3) is 4.02. The first kappa shape index (κ1) is 18.7. The number of rotatable bonds is 5. The summed E-state index contributed by atoms with van der Waals surface area (Å²) in [5.41, 5.74) is 0.647. The van der Waals surface area contributed by atoms with Crippen molar-refractivity contribution >= 4 is 33.4 Å². The Kier molecular flexibility index (Phi) is 5.52. The van der Waals surface area contributed by atoms with Gasteiger partial charge in [0.05, 0.1) is 10.5 Å². The number of nitrogens with one attached hydrogen (secondary N) is 1. The number of benzene rings is 2. The van der Waals surface area contributed by atoms with E-state index in [2.05, 4.69) is 4.72 Å². The fraction of sp³-hybridized carbons (Fsp3) is 0.278. The number of likely N-dealkylation sites (tertiary alicyclic amines) is 1. The van der Waals surface area contributed by atoms with E-state index in [1.165, 1.54) is 48.2 Å². The van der Waals surface area contributed by atoms with Gasteiger partial charge < -0.3 is 4.90 Å². The number of amides is 1. The Balaban J connectivity index is 1.92. The number of thioether (sulfide) groups is 1. The molecule has 1 fully saturated rings. The molecule has 0 radical (unpaired) electrons.